The minimum absolute atomic E-state index is 0.0185. The summed E-state index contributed by atoms with van der Waals surface area (Å²) in [4.78, 5) is 12.6. The predicted octanol–water partition coefficient (Wildman–Crippen LogP) is 2.00. The summed E-state index contributed by atoms with van der Waals surface area (Å²) in [5.74, 6) is 2.02. The molecule has 0 bridgehead atoms. The number of nitrogens with zero attached hydrogens (tertiary/aromatic N) is 3. The van der Waals surface area contributed by atoms with Crippen LogP contribution in [0.25, 0.3) is 16.7 Å². The minimum atomic E-state index is -1.76. The molecule has 0 saturated heterocycles. The molecule has 158 valence electrons. The fourth-order valence-corrected chi connectivity index (χ4v) is 4.90. The van der Waals surface area contributed by atoms with Gasteiger partial charge in [0.05, 0.1) is 22.9 Å². The zero-order valence-electron chi connectivity index (χ0n) is 16.6. The van der Waals surface area contributed by atoms with Gasteiger partial charge < -0.3 is 20.4 Å². The molecule has 2 aliphatic carbocycles. The first-order valence-corrected chi connectivity index (χ1v) is 11.4. The van der Waals surface area contributed by atoms with Crippen LogP contribution >= 0.6 is 0 Å². The summed E-state index contributed by atoms with van der Waals surface area (Å²) < 4.78 is 21.7. The minimum Gasteiger partial charge on any atom is -0.772 e. The number of hydrogen-bond acceptors (Lipinski definition) is 6. The molecule has 4 N–H and O–H groups in total. The second-order valence-corrected chi connectivity index (χ2v) is 9.23. The Labute approximate surface area is 172 Å². The first-order chi connectivity index (χ1) is 14.0. The van der Waals surface area contributed by atoms with Crippen molar-refractivity contribution in [1.29, 1.82) is 0 Å². The van der Waals surface area contributed by atoms with Gasteiger partial charge in [-0.05, 0) is 37.7 Å². The number of nitrogens with one attached hydrogen (secondary N) is 1. The highest BCUT2D eigenvalue weighted by Gasteiger charge is 2.35. The lowest BCUT2D eigenvalue weighted by Crippen LogP contribution is -2.15. The Morgan fingerprint density at radius 1 is 1.38 bits per heavy atom. The van der Waals surface area contributed by atoms with Gasteiger partial charge in [-0.15, -0.1) is 0 Å². The fraction of sp³-hybridized carbons (Fsp3) is 0.600. The van der Waals surface area contributed by atoms with Crippen molar-refractivity contribution in [3.63, 3.8) is 0 Å². The average Bonchev–Trinajstić information content (AvgIpc) is 3.18. The topological polar surface area (TPSA) is 132 Å². The zero-order valence-corrected chi connectivity index (χ0v) is 17.4. The van der Waals surface area contributed by atoms with Crippen molar-refractivity contribution in [1.82, 2.24) is 19.4 Å². The highest BCUT2D eigenvalue weighted by molar-refractivity contribution is 7.80. The van der Waals surface area contributed by atoms with Gasteiger partial charge in [0.25, 0.3) is 0 Å². The normalized spacial score (nSPS) is 25.3. The van der Waals surface area contributed by atoms with E-state index in [-0.39, 0.29) is 17.9 Å². The lowest BCUT2D eigenvalue weighted by Gasteiger charge is -2.17. The van der Waals surface area contributed by atoms with Gasteiger partial charge in [0.2, 0.25) is 0 Å². The molecule has 0 radical (unpaired) electrons. The van der Waals surface area contributed by atoms with E-state index in [0.717, 1.165) is 60.3 Å². The Hall–Kier alpha value is -1.81. The molecule has 2 unspecified atom stereocenters. The van der Waals surface area contributed by atoms with Crippen LogP contribution in [-0.2, 0) is 17.5 Å². The highest BCUT2D eigenvalue weighted by atomic mass is 32.2. The molecule has 3 aromatic rings. The van der Waals surface area contributed by atoms with Gasteiger partial charge in [-0.1, -0.05) is 24.4 Å². The molecule has 2 fully saturated rings. The van der Waals surface area contributed by atoms with Crippen LogP contribution in [0.4, 0.5) is 0 Å². The van der Waals surface area contributed by atoms with Crippen LogP contribution in [-0.4, -0.2) is 51.1 Å². The summed E-state index contributed by atoms with van der Waals surface area (Å²) in [6.07, 6.45) is 9.24. The van der Waals surface area contributed by atoms with E-state index >= 15 is 0 Å². The van der Waals surface area contributed by atoms with Crippen molar-refractivity contribution in [2.24, 2.45) is 11.7 Å². The first kappa shape index (κ1) is 20.5. The molecule has 0 aliphatic heterocycles. The molecule has 0 amide bonds. The third-order valence-corrected chi connectivity index (χ3v) is 7.02. The molecule has 3 aromatic heterocycles. The van der Waals surface area contributed by atoms with Gasteiger partial charge in [0.1, 0.15) is 5.82 Å². The lowest BCUT2D eigenvalue weighted by molar-refractivity contribution is 0.298. The number of fused-ring (bicyclic) bond motifs is 3. The van der Waals surface area contributed by atoms with Crippen molar-refractivity contribution < 1.29 is 13.9 Å². The average molecular weight is 419 g/mol. The molecule has 2 aliphatic rings. The summed E-state index contributed by atoms with van der Waals surface area (Å²) in [7, 11) is 0. The second kappa shape index (κ2) is 8.51. The SMILES string of the molecule is CC[C@@H]1C[C@H](N)CC1c1nc(CCO)c2cnc3[nH]ccc3n12.O=S([O-])C1CC1. The van der Waals surface area contributed by atoms with E-state index in [9.17, 15) is 13.9 Å². The smallest absolute Gasteiger partial charge is 0.154 e. The van der Waals surface area contributed by atoms with Crippen LogP contribution in [0.5, 0.6) is 0 Å². The Balaban J connectivity index is 0.000000294. The van der Waals surface area contributed by atoms with Gasteiger partial charge in [0.15, 0.2) is 5.65 Å². The molecule has 29 heavy (non-hydrogen) atoms. The maximum Gasteiger partial charge on any atom is 0.154 e. The van der Waals surface area contributed by atoms with E-state index in [2.05, 4.69) is 21.3 Å². The van der Waals surface area contributed by atoms with E-state index in [4.69, 9.17) is 10.7 Å². The Morgan fingerprint density at radius 2 is 2.17 bits per heavy atom. The molecule has 8 nitrogen and oxygen atoms in total. The monoisotopic (exact) mass is 418 g/mol. The third-order valence-electron chi connectivity index (χ3n) is 6.01. The molecular formula is C20H28N5O3S-. The number of rotatable bonds is 5. The van der Waals surface area contributed by atoms with Crippen LogP contribution < -0.4 is 5.73 Å². The first-order valence-electron chi connectivity index (χ1n) is 10.3. The number of H-pyrrole nitrogens is 1. The molecule has 2 saturated carbocycles. The molecule has 3 heterocycles. The Kier molecular flexibility index (Phi) is 6.00. The Bertz CT molecular complexity index is 1010. The van der Waals surface area contributed by atoms with E-state index in [1.54, 1.807) is 0 Å². The molecular weight excluding hydrogens is 390 g/mol. The maximum absolute atomic E-state index is 9.76. The van der Waals surface area contributed by atoms with Gasteiger partial charge >= 0.3 is 0 Å². The van der Waals surface area contributed by atoms with Crippen LogP contribution in [0.1, 0.15) is 56.5 Å². The number of aliphatic hydroxyl groups is 1. The van der Waals surface area contributed by atoms with Gasteiger partial charge in [-0.2, -0.15) is 0 Å². The summed E-state index contributed by atoms with van der Waals surface area (Å²) in [6.45, 7) is 2.33. The number of aliphatic hydroxyl groups excluding tert-OH is 1. The number of hydrogen-bond donors (Lipinski definition) is 3. The summed E-state index contributed by atoms with van der Waals surface area (Å²) >= 11 is -1.76. The summed E-state index contributed by atoms with van der Waals surface area (Å²) in [6, 6.07) is 2.29. The molecule has 4 atom stereocenters. The number of aromatic nitrogens is 4. The maximum atomic E-state index is 9.76. The van der Waals surface area contributed by atoms with Crippen LogP contribution in [0.15, 0.2) is 18.5 Å². The number of nitrogens with two attached hydrogens (primary N) is 1. The van der Waals surface area contributed by atoms with Crippen molar-refractivity contribution >= 4 is 27.8 Å². The zero-order chi connectivity index (χ0) is 20.5. The third kappa shape index (κ3) is 4.09. The molecule has 5 rings (SSSR count). The van der Waals surface area contributed by atoms with Crippen molar-refractivity contribution in [2.75, 3.05) is 6.61 Å². The highest BCUT2D eigenvalue weighted by Crippen LogP contribution is 2.41. The standard InChI is InChI=1S/C17H23N5O.C3H6O2S/c1-2-10-7-11(18)8-12(10)17-21-13(4-6-23)15-9-20-16-14(22(15)17)3-5-19-16;4-6(5)3-1-2-3/h3,5,9-12,19,23H,2,4,6-8,18H2,1H3;3H,1-2H2,(H,4,5)/p-1/t10-,11+,12?;/m1./s1. The summed E-state index contributed by atoms with van der Waals surface area (Å²) in [5.41, 5.74) is 10.1. The fourth-order valence-electron chi connectivity index (χ4n) is 4.38. The molecule has 9 heteroatoms. The van der Waals surface area contributed by atoms with E-state index < -0.39 is 11.1 Å². The van der Waals surface area contributed by atoms with E-state index in [1.165, 1.54) is 0 Å². The largest absolute Gasteiger partial charge is 0.772 e. The van der Waals surface area contributed by atoms with Crippen molar-refractivity contribution in [2.45, 2.75) is 62.7 Å². The number of imidazole rings is 1. The van der Waals surface area contributed by atoms with Gasteiger partial charge in [-0.25, -0.2) is 9.97 Å². The van der Waals surface area contributed by atoms with Gasteiger partial charge in [-0.3, -0.25) is 8.61 Å². The van der Waals surface area contributed by atoms with Crippen LogP contribution in [0.2, 0.25) is 0 Å². The quantitative estimate of drug-likeness (QED) is 0.543. The second-order valence-electron chi connectivity index (χ2n) is 8.05. The van der Waals surface area contributed by atoms with E-state index in [1.807, 2.05) is 18.5 Å². The Morgan fingerprint density at radius 3 is 2.79 bits per heavy atom. The van der Waals surface area contributed by atoms with E-state index in [0.29, 0.717) is 18.3 Å². The van der Waals surface area contributed by atoms with Crippen molar-refractivity contribution in [3.8, 4) is 0 Å². The van der Waals surface area contributed by atoms with Crippen LogP contribution in [0.3, 0.4) is 0 Å². The molecule has 0 aromatic carbocycles. The predicted molar refractivity (Wildman–Crippen MR) is 111 cm³/mol. The lowest BCUT2D eigenvalue weighted by atomic mass is 9.93. The van der Waals surface area contributed by atoms with Crippen molar-refractivity contribution in [3.05, 3.63) is 30.0 Å². The summed E-state index contributed by atoms with van der Waals surface area (Å²) in [5, 5.41) is 9.39. The van der Waals surface area contributed by atoms with Gasteiger partial charge in [0, 0.05) is 36.4 Å². The molecule has 0 spiro atoms. The van der Waals surface area contributed by atoms with Crippen LogP contribution in [0, 0.1) is 5.92 Å². The number of aromatic amines is 1.